The summed E-state index contributed by atoms with van der Waals surface area (Å²) in [6.45, 7) is 4.29. The predicted molar refractivity (Wildman–Crippen MR) is 170 cm³/mol. The monoisotopic (exact) mass is 552 g/mol. The van der Waals surface area contributed by atoms with E-state index in [9.17, 15) is 15.0 Å². The molecule has 0 aromatic carbocycles. The fourth-order valence-electron chi connectivity index (χ4n) is 5.29. The normalized spacial score (nSPS) is 13.2. The molecule has 3 N–H and O–H groups in total. The number of allylic oxidation sites excluding steroid dienone is 1. The number of rotatable bonds is 31. The summed E-state index contributed by atoms with van der Waals surface area (Å²) in [5.74, 6) is -0.0641. The van der Waals surface area contributed by atoms with Gasteiger partial charge in [0.1, 0.15) is 0 Å². The first-order chi connectivity index (χ1) is 19.2. The van der Waals surface area contributed by atoms with Crippen LogP contribution in [0.3, 0.4) is 0 Å². The number of hydrogen-bond donors (Lipinski definition) is 3. The maximum atomic E-state index is 12.3. The number of aliphatic hydroxyl groups is 2. The fourth-order valence-corrected chi connectivity index (χ4v) is 5.29. The number of hydrogen-bond acceptors (Lipinski definition) is 3. The molecule has 0 saturated heterocycles. The van der Waals surface area contributed by atoms with Crippen molar-refractivity contribution >= 4 is 5.91 Å². The van der Waals surface area contributed by atoms with Crippen LogP contribution in [0, 0.1) is 0 Å². The highest BCUT2D eigenvalue weighted by Crippen LogP contribution is 2.14. The first-order valence-corrected chi connectivity index (χ1v) is 17.4. The van der Waals surface area contributed by atoms with E-state index in [-0.39, 0.29) is 12.5 Å². The third-order valence-corrected chi connectivity index (χ3v) is 8.02. The predicted octanol–water partition coefficient (Wildman–Crippen LogP) is 9.95. The van der Waals surface area contributed by atoms with Gasteiger partial charge in [-0.15, -0.1) is 0 Å². The van der Waals surface area contributed by atoms with Crippen LogP contribution in [0.2, 0.25) is 0 Å². The maximum absolute atomic E-state index is 12.3. The van der Waals surface area contributed by atoms with E-state index >= 15 is 0 Å². The number of amides is 1. The largest absolute Gasteiger partial charge is 0.394 e. The molecule has 0 fully saturated rings. The quantitative estimate of drug-likeness (QED) is 0.0593. The van der Waals surface area contributed by atoms with Gasteiger partial charge in [0.05, 0.1) is 18.8 Å². The number of nitrogens with one attached hydrogen (secondary N) is 1. The summed E-state index contributed by atoms with van der Waals surface area (Å²) in [7, 11) is 0. The second-order valence-corrected chi connectivity index (χ2v) is 11.9. The Balaban J connectivity index is 3.62. The van der Waals surface area contributed by atoms with Crippen molar-refractivity contribution in [3.05, 3.63) is 12.2 Å². The van der Waals surface area contributed by atoms with Crippen LogP contribution in [0.25, 0.3) is 0 Å². The summed E-state index contributed by atoms with van der Waals surface area (Å²) >= 11 is 0. The Morgan fingerprint density at radius 3 is 1.33 bits per heavy atom. The van der Waals surface area contributed by atoms with Crippen molar-refractivity contribution in [3.8, 4) is 0 Å². The molecule has 0 aliphatic rings. The molecule has 232 valence electrons. The minimum absolute atomic E-state index is 0.0641. The molecule has 0 bridgehead atoms. The lowest BCUT2D eigenvalue weighted by Crippen LogP contribution is -2.45. The van der Waals surface area contributed by atoms with E-state index in [0.717, 1.165) is 25.7 Å². The van der Waals surface area contributed by atoms with Crippen LogP contribution < -0.4 is 5.32 Å². The minimum atomic E-state index is -0.831. The highest BCUT2D eigenvalue weighted by atomic mass is 16.3. The van der Waals surface area contributed by atoms with Crippen molar-refractivity contribution in [3.63, 3.8) is 0 Å². The van der Waals surface area contributed by atoms with Gasteiger partial charge >= 0.3 is 0 Å². The zero-order valence-electron chi connectivity index (χ0n) is 26.4. The van der Waals surface area contributed by atoms with Gasteiger partial charge in [-0.05, 0) is 19.3 Å². The fraction of sp³-hybridized carbons (Fsp3) is 0.914. The molecule has 39 heavy (non-hydrogen) atoms. The van der Waals surface area contributed by atoms with Crippen molar-refractivity contribution in [1.82, 2.24) is 5.32 Å². The molecule has 0 rings (SSSR count). The van der Waals surface area contributed by atoms with Crippen LogP contribution in [-0.4, -0.2) is 34.9 Å². The SMILES string of the molecule is CCCCCCCCCCCCCC=C[C@@H](O)[C@H](CO)NC(=O)CCCCCCCCCCCCCCCC. The summed E-state index contributed by atoms with van der Waals surface area (Å²) in [4.78, 5) is 12.3. The van der Waals surface area contributed by atoms with E-state index in [4.69, 9.17) is 0 Å². The van der Waals surface area contributed by atoms with Crippen LogP contribution in [0.1, 0.15) is 187 Å². The average Bonchev–Trinajstić information content (AvgIpc) is 2.94. The molecule has 0 unspecified atom stereocenters. The molecule has 1 amide bonds. The number of aliphatic hydroxyl groups excluding tert-OH is 2. The van der Waals surface area contributed by atoms with Crippen LogP contribution in [0.5, 0.6) is 0 Å². The van der Waals surface area contributed by atoms with Crippen molar-refractivity contribution in [2.45, 2.75) is 199 Å². The molecule has 0 spiro atoms. The average molecular weight is 552 g/mol. The van der Waals surface area contributed by atoms with E-state index in [1.54, 1.807) is 6.08 Å². The van der Waals surface area contributed by atoms with Crippen LogP contribution in [0.4, 0.5) is 0 Å². The maximum Gasteiger partial charge on any atom is 0.220 e. The molecule has 2 atom stereocenters. The highest BCUT2D eigenvalue weighted by molar-refractivity contribution is 5.76. The van der Waals surface area contributed by atoms with Gasteiger partial charge in [-0.1, -0.05) is 174 Å². The summed E-state index contributed by atoms with van der Waals surface area (Å²) in [6, 6.07) is -0.613. The molecule has 0 saturated carbocycles. The summed E-state index contributed by atoms with van der Waals surface area (Å²) in [5, 5.41) is 22.8. The van der Waals surface area contributed by atoms with Gasteiger partial charge in [0.2, 0.25) is 5.91 Å². The zero-order chi connectivity index (χ0) is 28.7. The van der Waals surface area contributed by atoms with Crippen molar-refractivity contribution in [2.75, 3.05) is 6.61 Å². The Bertz CT molecular complexity index is 522. The number of carbonyl (C=O) groups excluding carboxylic acids is 1. The first-order valence-electron chi connectivity index (χ1n) is 17.4. The van der Waals surface area contributed by atoms with Crippen molar-refractivity contribution in [2.24, 2.45) is 0 Å². The third-order valence-electron chi connectivity index (χ3n) is 8.02. The standard InChI is InChI=1S/C35H69NO3/c1-3-5-7-9-11-13-15-17-19-21-23-25-27-29-31-35(39)36-33(32-37)34(38)30-28-26-24-22-20-18-16-14-12-10-8-6-4-2/h28,30,33-34,37-38H,3-27,29,31-32H2,1-2H3,(H,36,39)/t33-,34+/m0/s1. The Kier molecular flexibility index (Phi) is 30.9. The van der Waals surface area contributed by atoms with Crippen LogP contribution in [-0.2, 0) is 4.79 Å². The molecular weight excluding hydrogens is 482 g/mol. The second-order valence-electron chi connectivity index (χ2n) is 11.9. The van der Waals surface area contributed by atoms with E-state index in [2.05, 4.69) is 19.2 Å². The Hall–Kier alpha value is -0.870. The molecule has 0 aromatic rings. The highest BCUT2D eigenvalue weighted by Gasteiger charge is 2.17. The Morgan fingerprint density at radius 1 is 0.590 bits per heavy atom. The lowest BCUT2D eigenvalue weighted by Gasteiger charge is -2.20. The molecule has 0 radical (unpaired) electrons. The van der Waals surface area contributed by atoms with Gasteiger partial charge in [0.15, 0.2) is 0 Å². The van der Waals surface area contributed by atoms with Crippen molar-refractivity contribution in [1.29, 1.82) is 0 Å². The van der Waals surface area contributed by atoms with Crippen LogP contribution >= 0.6 is 0 Å². The summed E-state index contributed by atoms with van der Waals surface area (Å²) in [5.41, 5.74) is 0. The Morgan fingerprint density at radius 2 is 0.949 bits per heavy atom. The molecule has 4 nitrogen and oxygen atoms in total. The number of carbonyl (C=O) groups is 1. The molecular formula is C35H69NO3. The smallest absolute Gasteiger partial charge is 0.220 e. The summed E-state index contributed by atoms with van der Waals surface area (Å²) in [6.07, 6.45) is 37.1. The molecule has 0 heterocycles. The molecule has 0 aliphatic heterocycles. The third kappa shape index (κ3) is 28.5. The topological polar surface area (TPSA) is 69.6 Å². The van der Waals surface area contributed by atoms with Gasteiger partial charge in [0, 0.05) is 6.42 Å². The van der Waals surface area contributed by atoms with Gasteiger partial charge in [-0.2, -0.15) is 0 Å². The summed E-state index contributed by atoms with van der Waals surface area (Å²) < 4.78 is 0. The van der Waals surface area contributed by atoms with E-state index < -0.39 is 12.1 Å². The molecule has 0 aromatic heterocycles. The van der Waals surface area contributed by atoms with E-state index in [1.165, 1.54) is 141 Å². The van der Waals surface area contributed by atoms with Crippen molar-refractivity contribution < 1.29 is 15.0 Å². The Labute approximate surface area is 244 Å². The number of unbranched alkanes of at least 4 members (excludes halogenated alkanes) is 24. The second kappa shape index (κ2) is 31.7. The van der Waals surface area contributed by atoms with Gasteiger partial charge in [0.25, 0.3) is 0 Å². The first kappa shape index (κ1) is 38.1. The molecule has 4 heteroatoms. The minimum Gasteiger partial charge on any atom is -0.394 e. The van der Waals surface area contributed by atoms with Gasteiger partial charge in [-0.3, -0.25) is 4.79 Å². The molecule has 0 aliphatic carbocycles. The van der Waals surface area contributed by atoms with Gasteiger partial charge < -0.3 is 15.5 Å². The zero-order valence-corrected chi connectivity index (χ0v) is 26.4. The van der Waals surface area contributed by atoms with E-state index in [0.29, 0.717) is 6.42 Å². The van der Waals surface area contributed by atoms with Crippen LogP contribution in [0.15, 0.2) is 12.2 Å². The lowest BCUT2D eigenvalue weighted by atomic mass is 10.0. The van der Waals surface area contributed by atoms with Gasteiger partial charge in [-0.25, -0.2) is 0 Å². The van der Waals surface area contributed by atoms with E-state index in [1.807, 2.05) is 6.08 Å². The lowest BCUT2D eigenvalue weighted by molar-refractivity contribution is -0.123.